The molecule has 4 heavy (non-hydrogen) atoms. The van der Waals surface area contributed by atoms with Crippen LogP contribution in [0, 0.1) is 0 Å². The Hall–Kier alpha value is 1.04. The number of rotatable bonds is 0. The molecule has 2 heteroatoms. The summed E-state index contributed by atoms with van der Waals surface area (Å²) in [6.07, 6.45) is 0. The van der Waals surface area contributed by atoms with Crippen molar-refractivity contribution in [2.75, 3.05) is 0 Å². The van der Waals surface area contributed by atoms with E-state index in [1.165, 1.54) is 0 Å². The summed E-state index contributed by atoms with van der Waals surface area (Å²) in [6, 6.07) is 0. The van der Waals surface area contributed by atoms with E-state index in [2.05, 4.69) is 0 Å². The van der Waals surface area contributed by atoms with Gasteiger partial charge >= 0.3 is 0 Å². The normalized spacial score (nSPS) is 0. The Labute approximate surface area is 49.3 Å². The van der Waals surface area contributed by atoms with Gasteiger partial charge in [0.2, 0.25) is 0 Å². The third-order valence-corrected chi connectivity index (χ3v) is 0. The second-order valence-electron chi connectivity index (χ2n) is 0. The molecule has 0 bridgehead atoms. The Morgan fingerprint density at radius 1 is 0.500 bits per heavy atom. The minimum atomic E-state index is 0. The molecule has 0 aliphatic carbocycles. The van der Waals surface area contributed by atoms with Crippen molar-refractivity contribution in [2.45, 2.75) is 14.9 Å². The van der Waals surface area contributed by atoms with Crippen molar-refractivity contribution in [2.24, 2.45) is 0 Å². The quantitative estimate of drug-likeness (QED) is 0.446. The van der Waals surface area contributed by atoms with E-state index in [1.807, 2.05) is 0 Å². The van der Waals surface area contributed by atoms with E-state index in [1.54, 1.807) is 0 Å². The first-order valence-electron chi connectivity index (χ1n) is 0. The maximum absolute atomic E-state index is 0. The molecule has 0 spiro atoms. The SMILES string of the molecule is C.C.[Mn].[Mn]. The van der Waals surface area contributed by atoms with Gasteiger partial charge in [0.1, 0.15) is 0 Å². The maximum Gasteiger partial charge on any atom is 0 e. The molecule has 0 aromatic carbocycles. The summed E-state index contributed by atoms with van der Waals surface area (Å²) >= 11 is 0. The Morgan fingerprint density at radius 2 is 0.500 bits per heavy atom. The molecule has 0 aliphatic rings. The van der Waals surface area contributed by atoms with Gasteiger partial charge in [0.05, 0.1) is 0 Å². The van der Waals surface area contributed by atoms with Crippen LogP contribution in [0.15, 0.2) is 0 Å². The molecule has 0 fully saturated rings. The molecule has 0 aromatic heterocycles. The van der Waals surface area contributed by atoms with Gasteiger partial charge in [0, 0.05) is 34.1 Å². The summed E-state index contributed by atoms with van der Waals surface area (Å²) in [5.74, 6) is 0. The van der Waals surface area contributed by atoms with Crippen LogP contribution >= 0.6 is 0 Å². The average molecular weight is 142 g/mol. The Kier molecular flexibility index (Phi) is 658. The van der Waals surface area contributed by atoms with Gasteiger partial charge in [-0.3, -0.25) is 0 Å². The Bertz CT molecular complexity index is 4.00. The fourth-order valence-electron chi connectivity index (χ4n) is 0. The second kappa shape index (κ2) is 34.6. The van der Waals surface area contributed by atoms with Crippen LogP contribution in [0.4, 0.5) is 0 Å². The van der Waals surface area contributed by atoms with Gasteiger partial charge in [0.25, 0.3) is 0 Å². The molecule has 0 rings (SSSR count). The topological polar surface area (TPSA) is 0 Å². The summed E-state index contributed by atoms with van der Waals surface area (Å²) in [5.41, 5.74) is 0. The van der Waals surface area contributed by atoms with Crippen molar-refractivity contribution in [1.29, 1.82) is 0 Å². The number of hydrogen-bond acceptors (Lipinski definition) is 0. The molecule has 0 saturated heterocycles. The zero-order chi connectivity index (χ0) is 0. The Morgan fingerprint density at radius 3 is 0.500 bits per heavy atom. The maximum atomic E-state index is 0. The van der Waals surface area contributed by atoms with Crippen LogP contribution in [-0.4, -0.2) is 0 Å². The molecule has 0 saturated carbocycles. The second-order valence-corrected chi connectivity index (χ2v) is 0. The minimum absolute atomic E-state index is 0. The summed E-state index contributed by atoms with van der Waals surface area (Å²) in [7, 11) is 0. The molecule has 0 nitrogen and oxygen atoms in total. The van der Waals surface area contributed by atoms with Crippen LogP contribution < -0.4 is 0 Å². The van der Waals surface area contributed by atoms with Gasteiger partial charge in [-0.1, -0.05) is 14.9 Å². The fourth-order valence-corrected chi connectivity index (χ4v) is 0. The van der Waals surface area contributed by atoms with E-state index in [0.29, 0.717) is 0 Å². The molecule has 0 heterocycles. The molecule has 0 aliphatic heterocycles. The zero-order valence-electron chi connectivity index (χ0n) is 0.756. The molecule has 0 aromatic rings. The van der Waals surface area contributed by atoms with Crippen molar-refractivity contribution < 1.29 is 34.1 Å². The van der Waals surface area contributed by atoms with Crippen molar-refractivity contribution in [1.82, 2.24) is 0 Å². The summed E-state index contributed by atoms with van der Waals surface area (Å²) in [4.78, 5) is 0. The van der Waals surface area contributed by atoms with E-state index in [0.717, 1.165) is 0 Å². The molecule has 2 radical (unpaired) electrons. The van der Waals surface area contributed by atoms with E-state index in [9.17, 15) is 0 Å². The van der Waals surface area contributed by atoms with Gasteiger partial charge in [-0.05, 0) is 0 Å². The summed E-state index contributed by atoms with van der Waals surface area (Å²) < 4.78 is 0. The summed E-state index contributed by atoms with van der Waals surface area (Å²) in [6.45, 7) is 0. The monoisotopic (exact) mass is 142 g/mol. The molecule has 30 valence electrons. The third-order valence-electron chi connectivity index (χ3n) is 0. The predicted octanol–water partition coefficient (Wildman–Crippen LogP) is 1.27. The van der Waals surface area contributed by atoms with Crippen molar-refractivity contribution >= 4 is 0 Å². The molecular weight excluding hydrogens is 134 g/mol. The fraction of sp³-hybridized carbons (Fsp3) is 1.00. The van der Waals surface area contributed by atoms with Crippen molar-refractivity contribution in [3.63, 3.8) is 0 Å². The van der Waals surface area contributed by atoms with Crippen LogP contribution in [0.3, 0.4) is 0 Å². The van der Waals surface area contributed by atoms with E-state index < -0.39 is 0 Å². The molecule has 0 amide bonds. The first-order chi connectivity index (χ1) is 0. The first kappa shape index (κ1) is 76.2. The van der Waals surface area contributed by atoms with Gasteiger partial charge in [0.15, 0.2) is 0 Å². The first-order valence-corrected chi connectivity index (χ1v) is 0. The predicted molar refractivity (Wildman–Crippen MR) is 13.5 cm³/mol. The molecular formula is C2H8Mn2. The van der Waals surface area contributed by atoms with E-state index in [4.69, 9.17) is 0 Å². The smallest absolute Gasteiger partial charge is 0 e. The van der Waals surface area contributed by atoms with Crippen LogP contribution in [0.2, 0.25) is 0 Å². The molecule has 0 unspecified atom stereocenters. The van der Waals surface area contributed by atoms with Gasteiger partial charge in [-0.15, -0.1) is 0 Å². The minimum Gasteiger partial charge on any atom is -0.0776 e. The van der Waals surface area contributed by atoms with Gasteiger partial charge in [-0.25, -0.2) is 0 Å². The largest absolute Gasteiger partial charge is 0.0776 e. The standard InChI is InChI=1S/2CH4.2Mn/h2*1H4;;. The molecule has 0 atom stereocenters. The van der Waals surface area contributed by atoms with Gasteiger partial charge in [-0.2, -0.15) is 0 Å². The van der Waals surface area contributed by atoms with E-state index >= 15 is 0 Å². The molecule has 0 N–H and O–H groups in total. The van der Waals surface area contributed by atoms with Crippen LogP contribution in [0.1, 0.15) is 14.9 Å². The summed E-state index contributed by atoms with van der Waals surface area (Å²) in [5, 5.41) is 0. The number of hydrogen-bond donors (Lipinski definition) is 0. The van der Waals surface area contributed by atoms with Crippen LogP contribution in [0.5, 0.6) is 0 Å². The average Bonchev–Trinajstić information content (AvgIpc) is 0. The van der Waals surface area contributed by atoms with E-state index in [-0.39, 0.29) is 49.0 Å². The zero-order valence-corrected chi connectivity index (χ0v) is 3.12. The van der Waals surface area contributed by atoms with Crippen LogP contribution in [-0.2, 0) is 34.1 Å². The van der Waals surface area contributed by atoms with Crippen LogP contribution in [0.25, 0.3) is 0 Å². The Balaban J connectivity index is 0. The van der Waals surface area contributed by atoms with Crippen molar-refractivity contribution in [3.05, 3.63) is 0 Å². The van der Waals surface area contributed by atoms with Gasteiger partial charge < -0.3 is 0 Å². The third kappa shape index (κ3) is 11.7. The van der Waals surface area contributed by atoms with Crippen molar-refractivity contribution in [3.8, 4) is 0 Å².